The number of hydrogen-bond acceptors (Lipinski definition) is 4. The highest BCUT2D eigenvalue weighted by Gasteiger charge is 2.55. The molecule has 1 saturated carbocycles. The maximum atomic E-state index is 12.9. The van der Waals surface area contributed by atoms with Crippen LogP contribution >= 0.6 is 0 Å². The normalized spacial score (nSPS) is 25.6. The van der Waals surface area contributed by atoms with Crippen LogP contribution in [-0.2, 0) is 14.8 Å². The molecule has 25 heavy (non-hydrogen) atoms. The third-order valence-electron chi connectivity index (χ3n) is 5.39. The Bertz CT molecular complexity index is 807. The number of carboxylic acid groups (broad SMARTS) is 1. The van der Waals surface area contributed by atoms with Gasteiger partial charge in [-0.05, 0) is 37.8 Å². The van der Waals surface area contributed by atoms with Crippen LogP contribution in [0.2, 0.25) is 0 Å². The lowest BCUT2D eigenvalue weighted by Crippen LogP contribution is -2.37. The fourth-order valence-corrected chi connectivity index (χ4v) is 4.62. The van der Waals surface area contributed by atoms with E-state index in [4.69, 9.17) is 0 Å². The van der Waals surface area contributed by atoms with E-state index < -0.39 is 21.4 Å². The van der Waals surface area contributed by atoms with Crippen molar-refractivity contribution in [2.75, 3.05) is 23.6 Å². The molecule has 136 valence electrons. The number of nitrogens with one attached hydrogen (secondary N) is 1. The lowest BCUT2D eigenvalue weighted by Gasteiger charge is -2.23. The molecule has 3 rings (SSSR count). The number of rotatable bonds is 5. The molecule has 1 aliphatic carbocycles. The van der Waals surface area contributed by atoms with Gasteiger partial charge in [0.2, 0.25) is 10.0 Å². The van der Waals surface area contributed by atoms with Crippen LogP contribution in [0.4, 0.5) is 5.69 Å². The Kier molecular flexibility index (Phi) is 4.49. The van der Waals surface area contributed by atoms with E-state index in [1.54, 1.807) is 29.2 Å². The zero-order valence-electron chi connectivity index (χ0n) is 14.1. The van der Waals surface area contributed by atoms with E-state index in [2.05, 4.69) is 4.72 Å². The van der Waals surface area contributed by atoms with Crippen molar-refractivity contribution in [2.24, 2.45) is 11.3 Å². The smallest absolute Gasteiger partial charge is 0.311 e. The number of benzene rings is 1. The molecule has 2 atom stereocenters. The van der Waals surface area contributed by atoms with E-state index in [9.17, 15) is 23.1 Å². The predicted molar refractivity (Wildman–Crippen MR) is 92.8 cm³/mol. The summed E-state index contributed by atoms with van der Waals surface area (Å²) in [5, 5.41) is 9.65. The van der Waals surface area contributed by atoms with Crippen LogP contribution in [0.3, 0.4) is 0 Å². The molecule has 1 aromatic carbocycles. The predicted octanol–water partition coefficient (Wildman–Crippen LogP) is 1.78. The van der Waals surface area contributed by atoms with Gasteiger partial charge < -0.3 is 10.0 Å². The first-order valence-electron chi connectivity index (χ1n) is 8.41. The number of likely N-dealkylation sites (tertiary alicyclic amines) is 1. The van der Waals surface area contributed by atoms with E-state index in [1.807, 2.05) is 0 Å². The summed E-state index contributed by atoms with van der Waals surface area (Å²) < 4.78 is 26.1. The molecule has 1 aromatic rings. The molecule has 0 aromatic heterocycles. The minimum atomic E-state index is -3.51. The van der Waals surface area contributed by atoms with E-state index in [1.165, 1.54) is 6.92 Å². The van der Waals surface area contributed by atoms with Crippen molar-refractivity contribution in [3.63, 3.8) is 0 Å². The Morgan fingerprint density at radius 2 is 2.08 bits per heavy atom. The van der Waals surface area contributed by atoms with Gasteiger partial charge in [-0.3, -0.25) is 14.3 Å². The summed E-state index contributed by atoms with van der Waals surface area (Å²) in [4.78, 5) is 26.3. The number of carboxylic acids is 1. The number of aliphatic carboxylic acids is 1. The third kappa shape index (κ3) is 3.10. The number of nitrogens with zero attached hydrogens (tertiary/aromatic N) is 1. The summed E-state index contributed by atoms with van der Waals surface area (Å²) in [5.41, 5.74) is -0.371. The lowest BCUT2D eigenvalue weighted by atomic mass is 9.81. The minimum Gasteiger partial charge on any atom is -0.481 e. The van der Waals surface area contributed by atoms with Crippen molar-refractivity contribution < 1.29 is 23.1 Å². The monoisotopic (exact) mass is 366 g/mol. The number of hydrogen-bond donors (Lipinski definition) is 2. The second-order valence-electron chi connectivity index (χ2n) is 6.79. The molecule has 1 heterocycles. The molecule has 1 amide bonds. The molecule has 1 aliphatic heterocycles. The highest BCUT2D eigenvalue weighted by atomic mass is 32.2. The van der Waals surface area contributed by atoms with Crippen LogP contribution in [0.15, 0.2) is 24.3 Å². The molecular weight excluding hydrogens is 344 g/mol. The SMILES string of the molecule is CCS(=O)(=O)Nc1ccccc1C(=O)N1C[C@@H]2CCC[C@@]2(C(=O)O)C1. The first-order chi connectivity index (χ1) is 11.8. The molecule has 1 saturated heterocycles. The quantitative estimate of drug-likeness (QED) is 0.827. The number of fused-ring (bicyclic) bond motifs is 1. The van der Waals surface area contributed by atoms with Gasteiger partial charge in [-0.15, -0.1) is 0 Å². The van der Waals surface area contributed by atoms with Crippen LogP contribution in [0, 0.1) is 11.3 Å². The number of carbonyl (C=O) groups is 2. The summed E-state index contributed by atoms with van der Waals surface area (Å²) in [5.74, 6) is -1.30. The van der Waals surface area contributed by atoms with Crippen molar-refractivity contribution in [3.05, 3.63) is 29.8 Å². The van der Waals surface area contributed by atoms with Crippen LogP contribution in [0.25, 0.3) is 0 Å². The Morgan fingerprint density at radius 1 is 1.36 bits per heavy atom. The standard InChI is InChI=1S/C17H22N2O5S/c1-2-25(23,24)18-14-8-4-3-7-13(14)15(20)19-10-12-6-5-9-17(12,11-19)16(21)22/h3-4,7-8,12,18H,2,5-6,9-11H2,1H3,(H,21,22)/t12-,17+/m0/s1. The van der Waals surface area contributed by atoms with Gasteiger partial charge in [0.15, 0.2) is 0 Å². The minimum absolute atomic E-state index is 0.0338. The van der Waals surface area contributed by atoms with Gasteiger partial charge in [-0.2, -0.15) is 0 Å². The third-order valence-corrected chi connectivity index (χ3v) is 6.68. The maximum absolute atomic E-state index is 12.9. The Hall–Kier alpha value is -2.09. The number of para-hydroxylation sites is 1. The molecule has 7 nitrogen and oxygen atoms in total. The van der Waals surface area contributed by atoms with Crippen LogP contribution in [-0.4, -0.2) is 49.1 Å². The Balaban J connectivity index is 1.87. The zero-order chi connectivity index (χ0) is 18.2. The lowest BCUT2D eigenvalue weighted by molar-refractivity contribution is -0.149. The summed E-state index contributed by atoms with van der Waals surface area (Å²) in [6.45, 7) is 2.10. The summed E-state index contributed by atoms with van der Waals surface area (Å²) in [7, 11) is -3.51. The molecule has 8 heteroatoms. The zero-order valence-corrected chi connectivity index (χ0v) is 14.9. The first-order valence-corrected chi connectivity index (χ1v) is 10.1. The van der Waals surface area contributed by atoms with Crippen LogP contribution in [0.1, 0.15) is 36.5 Å². The van der Waals surface area contributed by atoms with E-state index in [-0.39, 0.29) is 35.4 Å². The highest BCUT2D eigenvalue weighted by Crippen LogP contribution is 2.49. The average molecular weight is 366 g/mol. The average Bonchev–Trinajstić information content (AvgIpc) is 3.12. The van der Waals surface area contributed by atoms with Gasteiger partial charge in [-0.1, -0.05) is 18.6 Å². The number of anilines is 1. The second kappa shape index (κ2) is 6.33. The topological polar surface area (TPSA) is 104 Å². The molecule has 0 radical (unpaired) electrons. The van der Waals surface area contributed by atoms with Crippen LogP contribution < -0.4 is 4.72 Å². The Morgan fingerprint density at radius 3 is 2.72 bits per heavy atom. The number of carbonyl (C=O) groups excluding carboxylic acids is 1. The van der Waals surface area contributed by atoms with Gasteiger partial charge in [0, 0.05) is 13.1 Å². The maximum Gasteiger partial charge on any atom is 0.311 e. The van der Waals surface area contributed by atoms with Crippen molar-refractivity contribution in [1.82, 2.24) is 4.90 Å². The fraction of sp³-hybridized carbons (Fsp3) is 0.529. The molecule has 2 aliphatic rings. The largest absolute Gasteiger partial charge is 0.481 e. The molecule has 2 fully saturated rings. The van der Waals surface area contributed by atoms with Gasteiger partial charge in [0.05, 0.1) is 22.4 Å². The van der Waals surface area contributed by atoms with Gasteiger partial charge >= 0.3 is 5.97 Å². The molecule has 0 bridgehead atoms. The molecule has 0 unspecified atom stereocenters. The van der Waals surface area contributed by atoms with Gasteiger partial charge in [0.1, 0.15) is 0 Å². The van der Waals surface area contributed by atoms with Gasteiger partial charge in [0.25, 0.3) is 5.91 Å². The number of sulfonamides is 1. The number of amides is 1. The molecule has 0 spiro atoms. The molecular formula is C17H22N2O5S. The first kappa shape index (κ1) is 17.7. The summed E-state index contributed by atoms with van der Waals surface area (Å²) in [6, 6.07) is 6.43. The molecule has 2 N–H and O–H groups in total. The second-order valence-corrected chi connectivity index (χ2v) is 8.80. The van der Waals surface area contributed by atoms with Crippen molar-refractivity contribution in [3.8, 4) is 0 Å². The van der Waals surface area contributed by atoms with Crippen molar-refractivity contribution in [2.45, 2.75) is 26.2 Å². The van der Waals surface area contributed by atoms with E-state index in [0.29, 0.717) is 13.0 Å². The summed E-state index contributed by atoms with van der Waals surface area (Å²) >= 11 is 0. The van der Waals surface area contributed by atoms with Gasteiger partial charge in [-0.25, -0.2) is 8.42 Å². The summed E-state index contributed by atoms with van der Waals surface area (Å²) in [6.07, 6.45) is 2.26. The highest BCUT2D eigenvalue weighted by molar-refractivity contribution is 7.92. The fourth-order valence-electron chi connectivity index (χ4n) is 3.96. The van der Waals surface area contributed by atoms with Crippen molar-refractivity contribution in [1.29, 1.82) is 0 Å². The van der Waals surface area contributed by atoms with Crippen LogP contribution in [0.5, 0.6) is 0 Å². The Labute approximate surface area is 147 Å². The van der Waals surface area contributed by atoms with E-state index >= 15 is 0 Å². The van der Waals surface area contributed by atoms with Crippen molar-refractivity contribution >= 4 is 27.6 Å². The van der Waals surface area contributed by atoms with E-state index in [0.717, 1.165) is 12.8 Å².